The van der Waals surface area contributed by atoms with Crippen LogP contribution in [-0.2, 0) is 19.4 Å². The molecule has 0 aliphatic heterocycles. The third-order valence-electron chi connectivity index (χ3n) is 6.26. The van der Waals surface area contributed by atoms with E-state index in [1.54, 1.807) is 30.5 Å². The molecule has 7 nitrogen and oxygen atoms in total. The van der Waals surface area contributed by atoms with Crippen molar-refractivity contribution >= 4 is 67.4 Å². The fourth-order valence-corrected chi connectivity index (χ4v) is 6.48. The summed E-state index contributed by atoms with van der Waals surface area (Å²) in [5, 5.41) is 16.0. The Hall–Kier alpha value is -3.53. The number of aryl methyl sites for hydroxylation is 1. The van der Waals surface area contributed by atoms with E-state index in [4.69, 9.17) is 16.3 Å². The molecule has 0 unspecified atom stereocenters. The van der Waals surface area contributed by atoms with Crippen LogP contribution in [0.1, 0.15) is 44.8 Å². The molecule has 1 heterocycles. The molecule has 3 aromatic carbocycles. The first-order valence-corrected chi connectivity index (χ1v) is 14.3. The van der Waals surface area contributed by atoms with Gasteiger partial charge in [-0.25, -0.2) is 4.99 Å². The highest BCUT2D eigenvalue weighted by atomic mass is 79.9. The van der Waals surface area contributed by atoms with Gasteiger partial charge in [-0.3, -0.25) is 14.9 Å². The Balaban J connectivity index is 1.44. The van der Waals surface area contributed by atoms with Crippen LogP contribution in [0.25, 0.3) is 0 Å². The molecule has 1 aliphatic rings. The first-order chi connectivity index (χ1) is 18.9. The van der Waals surface area contributed by atoms with E-state index < -0.39 is 4.92 Å². The molecule has 39 heavy (non-hydrogen) atoms. The van der Waals surface area contributed by atoms with Crippen molar-refractivity contribution in [2.75, 3.05) is 5.32 Å². The van der Waals surface area contributed by atoms with Gasteiger partial charge < -0.3 is 10.1 Å². The van der Waals surface area contributed by atoms with Gasteiger partial charge in [-0.2, -0.15) is 0 Å². The Labute approximate surface area is 242 Å². The van der Waals surface area contributed by atoms with Crippen molar-refractivity contribution in [1.29, 1.82) is 0 Å². The summed E-state index contributed by atoms with van der Waals surface area (Å²) >= 11 is 11.0. The number of aliphatic imine (C=N–C) groups is 1. The molecule has 0 fully saturated rings. The van der Waals surface area contributed by atoms with E-state index in [0.29, 0.717) is 31.3 Å². The lowest BCUT2D eigenvalue weighted by Crippen LogP contribution is -2.14. The summed E-state index contributed by atoms with van der Waals surface area (Å²) in [6, 6.07) is 19.5. The Kier molecular flexibility index (Phi) is 8.40. The van der Waals surface area contributed by atoms with Gasteiger partial charge in [0, 0.05) is 33.4 Å². The number of anilines is 1. The Morgan fingerprint density at radius 2 is 1.92 bits per heavy atom. The van der Waals surface area contributed by atoms with Crippen molar-refractivity contribution in [2.24, 2.45) is 4.99 Å². The van der Waals surface area contributed by atoms with Gasteiger partial charge in [0.05, 0.1) is 15.0 Å². The lowest BCUT2D eigenvalue weighted by atomic mass is 9.95. The maximum atomic E-state index is 13.3. The second-order valence-corrected chi connectivity index (χ2v) is 11.4. The molecule has 1 amide bonds. The topological polar surface area (TPSA) is 93.8 Å². The van der Waals surface area contributed by atoms with Gasteiger partial charge in [0.25, 0.3) is 5.91 Å². The van der Waals surface area contributed by atoms with Gasteiger partial charge in [0.15, 0.2) is 0 Å². The van der Waals surface area contributed by atoms with Crippen molar-refractivity contribution in [3.8, 4) is 5.75 Å². The van der Waals surface area contributed by atoms with Crippen LogP contribution in [0.15, 0.2) is 76.2 Å². The number of carbonyl (C=O) groups excluding carboxylic acids is 1. The number of thiophene rings is 1. The van der Waals surface area contributed by atoms with Crippen molar-refractivity contribution in [3.63, 3.8) is 0 Å². The number of rotatable bonds is 8. The molecule has 198 valence electrons. The SMILES string of the molecule is O=C(Nc1ccccc1)c1c(N=Cc2cc(Br)c(OCc3cccc(Cl)c3)c([N+](=O)[O-])c2)sc2c1CCCC2. The second-order valence-electron chi connectivity index (χ2n) is 9.00. The van der Waals surface area contributed by atoms with Gasteiger partial charge in [-0.05, 0) is 83.1 Å². The number of hydrogen-bond acceptors (Lipinski definition) is 6. The number of fused-ring (bicyclic) bond motifs is 1. The number of ether oxygens (including phenoxy) is 1. The zero-order valence-corrected chi connectivity index (χ0v) is 23.8. The molecule has 1 aliphatic carbocycles. The fraction of sp³-hybridized carbons (Fsp3) is 0.172. The summed E-state index contributed by atoms with van der Waals surface area (Å²) in [5.41, 5.74) is 3.43. The number of nitrogens with zero attached hydrogens (tertiary/aromatic N) is 2. The minimum absolute atomic E-state index is 0.117. The van der Waals surface area contributed by atoms with Crippen LogP contribution in [0.3, 0.4) is 0 Å². The highest BCUT2D eigenvalue weighted by Crippen LogP contribution is 2.41. The van der Waals surface area contributed by atoms with Gasteiger partial charge in [-0.1, -0.05) is 41.9 Å². The number of nitro benzene ring substituents is 1. The molecule has 1 N–H and O–H groups in total. The van der Waals surface area contributed by atoms with E-state index in [1.165, 1.54) is 22.3 Å². The fourth-order valence-electron chi connectivity index (χ4n) is 4.46. The summed E-state index contributed by atoms with van der Waals surface area (Å²) in [6.07, 6.45) is 5.39. The van der Waals surface area contributed by atoms with E-state index in [1.807, 2.05) is 36.4 Å². The average molecular weight is 625 g/mol. The average Bonchev–Trinajstić information content (AvgIpc) is 3.30. The highest BCUT2D eigenvalue weighted by Gasteiger charge is 2.26. The molecule has 1 aromatic heterocycles. The van der Waals surface area contributed by atoms with E-state index in [2.05, 4.69) is 26.2 Å². The van der Waals surface area contributed by atoms with E-state index in [9.17, 15) is 14.9 Å². The Morgan fingerprint density at radius 3 is 2.69 bits per heavy atom. The number of carbonyl (C=O) groups is 1. The number of amides is 1. The van der Waals surface area contributed by atoms with E-state index in [0.717, 1.165) is 36.8 Å². The van der Waals surface area contributed by atoms with Crippen LogP contribution >= 0.6 is 38.9 Å². The van der Waals surface area contributed by atoms with Crippen molar-refractivity contribution < 1.29 is 14.5 Å². The van der Waals surface area contributed by atoms with Gasteiger partial charge in [0.2, 0.25) is 5.75 Å². The summed E-state index contributed by atoms with van der Waals surface area (Å²) in [4.78, 5) is 30.6. The maximum Gasteiger partial charge on any atom is 0.312 e. The highest BCUT2D eigenvalue weighted by molar-refractivity contribution is 9.10. The third kappa shape index (κ3) is 6.38. The first kappa shape index (κ1) is 27.1. The minimum Gasteiger partial charge on any atom is -0.481 e. The number of nitrogens with one attached hydrogen (secondary N) is 1. The molecular formula is C29H23BrClN3O4S. The lowest BCUT2D eigenvalue weighted by molar-refractivity contribution is -0.386. The summed E-state index contributed by atoms with van der Waals surface area (Å²) < 4.78 is 6.23. The predicted octanol–water partition coefficient (Wildman–Crippen LogP) is 8.53. The Morgan fingerprint density at radius 1 is 1.13 bits per heavy atom. The number of nitro groups is 1. The van der Waals surface area contributed by atoms with E-state index >= 15 is 0 Å². The van der Waals surface area contributed by atoms with E-state index in [-0.39, 0.29) is 24.0 Å². The molecule has 0 saturated heterocycles. The Bertz CT molecular complexity index is 1570. The molecular weight excluding hydrogens is 602 g/mol. The smallest absolute Gasteiger partial charge is 0.312 e. The van der Waals surface area contributed by atoms with Crippen molar-refractivity contribution in [3.05, 3.63) is 113 Å². The van der Waals surface area contributed by atoms with Gasteiger partial charge in [0.1, 0.15) is 11.6 Å². The largest absolute Gasteiger partial charge is 0.481 e. The molecule has 0 saturated carbocycles. The zero-order chi connectivity index (χ0) is 27.4. The molecule has 4 aromatic rings. The molecule has 0 spiro atoms. The second kappa shape index (κ2) is 12.1. The number of benzene rings is 3. The quantitative estimate of drug-likeness (QED) is 0.121. The normalized spacial score (nSPS) is 12.8. The monoisotopic (exact) mass is 623 g/mol. The maximum absolute atomic E-state index is 13.3. The summed E-state index contributed by atoms with van der Waals surface area (Å²) in [6.45, 7) is 0.119. The standard InChI is InChI=1S/C29H23BrClN3O4S/c30-23-14-19(15-24(34(36)37)27(23)38-17-18-7-6-8-20(31)13-18)16-32-29-26(22-11-4-5-12-25(22)39-29)28(35)33-21-9-2-1-3-10-21/h1-3,6-10,13-16H,4-5,11-12,17H2,(H,33,35). The number of halogens is 2. The summed E-state index contributed by atoms with van der Waals surface area (Å²) in [5.74, 6) is -0.0867. The minimum atomic E-state index is -0.488. The third-order valence-corrected chi connectivity index (χ3v) is 8.28. The van der Waals surface area contributed by atoms with Gasteiger partial charge >= 0.3 is 5.69 Å². The summed E-state index contributed by atoms with van der Waals surface area (Å²) in [7, 11) is 0. The molecule has 0 radical (unpaired) electrons. The van der Waals surface area contributed by atoms with Crippen LogP contribution in [0.4, 0.5) is 16.4 Å². The van der Waals surface area contributed by atoms with Crippen molar-refractivity contribution in [1.82, 2.24) is 0 Å². The number of para-hydroxylation sites is 1. The van der Waals surface area contributed by atoms with Crippen LogP contribution in [0.5, 0.6) is 5.75 Å². The van der Waals surface area contributed by atoms with Crippen LogP contribution in [0, 0.1) is 10.1 Å². The molecule has 10 heteroatoms. The molecule has 0 atom stereocenters. The molecule has 0 bridgehead atoms. The molecule has 5 rings (SSSR count). The first-order valence-electron chi connectivity index (χ1n) is 12.3. The lowest BCUT2D eigenvalue weighted by Gasteiger charge is -2.12. The van der Waals surface area contributed by atoms with Crippen molar-refractivity contribution in [2.45, 2.75) is 32.3 Å². The van der Waals surface area contributed by atoms with Crippen LogP contribution in [-0.4, -0.2) is 17.0 Å². The predicted molar refractivity (Wildman–Crippen MR) is 159 cm³/mol. The zero-order valence-electron chi connectivity index (χ0n) is 20.7. The van der Waals surface area contributed by atoms with Gasteiger partial charge in [-0.15, -0.1) is 11.3 Å². The van der Waals surface area contributed by atoms with Crippen LogP contribution in [0.2, 0.25) is 5.02 Å². The van der Waals surface area contributed by atoms with Crippen LogP contribution < -0.4 is 10.1 Å². The number of hydrogen-bond donors (Lipinski definition) is 1.